The lowest BCUT2D eigenvalue weighted by Gasteiger charge is -2.14. The number of carbonyl (C=O) groups is 2. The standard InChI is InChI=1S/C41H30N4O9S2/c42-30-9-1-5-25(20-30)26-6-2-10-33(21-26)55(50,51)44-31-13-15-35(38(46)23-31)41(49)54-39-24-32(14-16-36(39)40(47)48)45-56(52,53)34-11-3-7-27(22-34)28-12-17-37-29(19-28)8-4-18-43-37/h1-24,44-46H,42H2,(H,47,48). The number of carboxylic acid groups (broad SMARTS) is 1. The van der Waals surface area contributed by atoms with Gasteiger partial charge in [0.25, 0.3) is 20.0 Å². The van der Waals surface area contributed by atoms with Crippen molar-refractivity contribution in [2.24, 2.45) is 0 Å². The van der Waals surface area contributed by atoms with Gasteiger partial charge >= 0.3 is 11.9 Å². The van der Waals surface area contributed by atoms with E-state index >= 15 is 0 Å². The molecule has 0 atom stereocenters. The van der Waals surface area contributed by atoms with Crippen LogP contribution in [0.15, 0.2) is 156 Å². The monoisotopic (exact) mass is 786 g/mol. The second-order valence-electron chi connectivity index (χ2n) is 12.4. The maximum Gasteiger partial charge on any atom is 0.347 e. The van der Waals surface area contributed by atoms with Crippen molar-refractivity contribution in [1.29, 1.82) is 0 Å². The highest BCUT2D eigenvalue weighted by Gasteiger charge is 2.23. The number of carboxylic acids is 1. The molecule has 1 heterocycles. The van der Waals surface area contributed by atoms with Crippen LogP contribution in [-0.2, 0) is 20.0 Å². The Morgan fingerprint density at radius 2 is 1.18 bits per heavy atom. The fourth-order valence-electron chi connectivity index (χ4n) is 5.86. The number of aromatic hydroxyl groups is 1. The average Bonchev–Trinajstić information content (AvgIpc) is 3.17. The number of esters is 1. The predicted octanol–water partition coefficient (Wildman–Crippen LogP) is 7.38. The van der Waals surface area contributed by atoms with E-state index in [1.165, 1.54) is 36.4 Å². The number of rotatable bonds is 11. The molecule has 7 rings (SSSR count). The largest absolute Gasteiger partial charge is 0.507 e. The third-order valence-electron chi connectivity index (χ3n) is 8.58. The van der Waals surface area contributed by atoms with Gasteiger partial charge in [-0.1, -0.05) is 48.5 Å². The molecule has 7 aromatic rings. The summed E-state index contributed by atoms with van der Waals surface area (Å²) in [4.78, 5) is 29.4. The molecule has 0 unspecified atom stereocenters. The molecule has 0 aliphatic carbocycles. The molecule has 0 aliphatic rings. The van der Waals surface area contributed by atoms with Crippen LogP contribution in [0.3, 0.4) is 0 Å². The molecule has 0 radical (unpaired) electrons. The molecule has 0 saturated heterocycles. The zero-order chi connectivity index (χ0) is 39.6. The average molecular weight is 787 g/mol. The van der Waals surface area contributed by atoms with Gasteiger partial charge in [0.1, 0.15) is 22.6 Å². The van der Waals surface area contributed by atoms with Crippen molar-refractivity contribution >= 4 is 60.0 Å². The molecular weight excluding hydrogens is 757 g/mol. The fourth-order valence-corrected chi connectivity index (χ4v) is 8.05. The maximum absolute atomic E-state index is 13.5. The van der Waals surface area contributed by atoms with Crippen LogP contribution in [0.5, 0.6) is 11.5 Å². The molecule has 1 aromatic heterocycles. The van der Waals surface area contributed by atoms with E-state index in [9.17, 15) is 36.6 Å². The normalized spacial score (nSPS) is 11.5. The molecule has 56 heavy (non-hydrogen) atoms. The van der Waals surface area contributed by atoms with E-state index in [1.54, 1.807) is 60.8 Å². The van der Waals surface area contributed by atoms with Crippen molar-refractivity contribution in [2.75, 3.05) is 15.2 Å². The summed E-state index contributed by atoms with van der Waals surface area (Å²) in [6.45, 7) is 0. The first kappa shape index (κ1) is 37.1. The highest BCUT2D eigenvalue weighted by atomic mass is 32.2. The van der Waals surface area contributed by atoms with Gasteiger partial charge in [-0.2, -0.15) is 0 Å². The van der Waals surface area contributed by atoms with Gasteiger partial charge in [0, 0.05) is 29.4 Å². The summed E-state index contributed by atoms with van der Waals surface area (Å²) < 4.78 is 63.6. The Kier molecular flexibility index (Phi) is 9.87. The zero-order valence-electron chi connectivity index (χ0n) is 28.9. The van der Waals surface area contributed by atoms with Crippen molar-refractivity contribution in [3.8, 4) is 33.8 Å². The maximum atomic E-state index is 13.5. The number of phenolic OH excluding ortho intramolecular Hbond substituents is 1. The van der Waals surface area contributed by atoms with Gasteiger partial charge in [0.15, 0.2) is 0 Å². The highest BCUT2D eigenvalue weighted by Crippen LogP contribution is 2.32. The van der Waals surface area contributed by atoms with Gasteiger partial charge in [0.2, 0.25) is 0 Å². The molecule has 15 heteroatoms. The predicted molar refractivity (Wildman–Crippen MR) is 212 cm³/mol. The van der Waals surface area contributed by atoms with Gasteiger partial charge in [-0.25, -0.2) is 26.4 Å². The first-order valence-electron chi connectivity index (χ1n) is 16.7. The van der Waals surface area contributed by atoms with Crippen molar-refractivity contribution in [3.63, 3.8) is 0 Å². The number of fused-ring (bicyclic) bond motifs is 1. The molecule has 0 fully saturated rings. The lowest BCUT2D eigenvalue weighted by atomic mass is 10.0. The molecule has 0 bridgehead atoms. The smallest absolute Gasteiger partial charge is 0.347 e. The number of aromatic nitrogens is 1. The Labute approximate surface area is 320 Å². The number of ether oxygens (including phenoxy) is 1. The summed E-state index contributed by atoms with van der Waals surface area (Å²) >= 11 is 0. The van der Waals surface area contributed by atoms with Crippen LogP contribution in [0, 0.1) is 0 Å². The summed E-state index contributed by atoms with van der Waals surface area (Å²) in [6.07, 6.45) is 1.68. The van der Waals surface area contributed by atoms with Gasteiger partial charge < -0.3 is 20.7 Å². The van der Waals surface area contributed by atoms with Gasteiger partial charge in [0.05, 0.1) is 26.7 Å². The first-order chi connectivity index (χ1) is 26.8. The zero-order valence-corrected chi connectivity index (χ0v) is 30.6. The Bertz CT molecular complexity index is 2920. The van der Waals surface area contributed by atoms with E-state index in [1.807, 2.05) is 24.3 Å². The lowest BCUT2D eigenvalue weighted by Crippen LogP contribution is -2.15. The van der Waals surface area contributed by atoms with Crippen LogP contribution < -0.4 is 19.9 Å². The number of anilines is 3. The number of nitrogens with two attached hydrogens (primary N) is 1. The third-order valence-corrected chi connectivity index (χ3v) is 11.3. The van der Waals surface area contributed by atoms with Crippen LogP contribution in [0.4, 0.5) is 17.1 Å². The van der Waals surface area contributed by atoms with Crippen LogP contribution in [0.2, 0.25) is 0 Å². The van der Waals surface area contributed by atoms with Crippen LogP contribution >= 0.6 is 0 Å². The fraction of sp³-hybridized carbons (Fsp3) is 0. The second kappa shape index (κ2) is 14.9. The number of phenols is 1. The molecular formula is C41H30N4O9S2. The number of sulfonamides is 2. The Balaban J connectivity index is 1.08. The molecule has 13 nitrogen and oxygen atoms in total. The molecule has 0 aliphatic heterocycles. The molecule has 0 amide bonds. The van der Waals surface area contributed by atoms with E-state index < -0.39 is 54.6 Å². The number of nitrogens with one attached hydrogen (secondary N) is 2. The van der Waals surface area contributed by atoms with Gasteiger partial charge in [-0.15, -0.1) is 0 Å². The van der Waals surface area contributed by atoms with Crippen molar-refractivity contribution in [2.45, 2.75) is 9.79 Å². The molecule has 0 saturated carbocycles. The summed E-state index contributed by atoms with van der Waals surface area (Å²) in [7, 11) is -8.40. The summed E-state index contributed by atoms with van der Waals surface area (Å²) in [5.74, 6) is -3.88. The number of nitrogens with zero attached hydrogens (tertiary/aromatic N) is 1. The Morgan fingerprint density at radius 1 is 0.607 bits per heavy atom. The Hall–Kier alpha value is -7.23. The topological polar surface area (TPSA) is 215 Å². The lowest BCUT2D eigenvalue weighted by molar-refractivity contribution is 0.0681. The van der Waals surface area contributed by atoms with E-state index in [0.717, 1.165) is 40.7 Å². The highest BCUT2D eigenvalue weighted by molar-refractivity contribution is 7.93. The number of aromatic carboxylic acids is 1. The summed E-state index contributed by atoms with van der Waals surface area (Å²) in [5, 5.41) is 21.4. The van der Waals surface area contributed by atoms with Crippen molar-refractivity contribution < 1.29 is 41.4 Å². The minimum atomic E-state index is -4.23. The van der Waals surface area contributed by atoms with Crippen LogP contribution in [-0.4, -0.2) is 44.0 Å². The third kappa shape index (κ3) is 7.99. The van der Waals surface area contributed by atoms with Crippen LogP contribution in [0.25, 0.3) is 33.2 Å². The number of benzene rings is 6. The van der Waals surface area contributed by atoms with E-state index in [4.69, 9.17) is 10.5 Å². The number of hydrogen-bond donors (Lipinski definition) is 5. The van der Waals surface area contributed by atoms with Crippen molar-refractivity contribution in [3.05, 3.63) is 157 Å². The van der Waals surface area contributed by atoms with E-state index in [2.05, 4.69) is 14.4 Å². The summed E-state index contributed by atoms with van der Waals surface area (Å²) in [5.41, 5.74) is 8.75. The minimum Gasteiger partial charge on any atom is -0.507 e. The number of pyridine rings is 1. The van der Waals surface area contributed by atoms with Crippen LogP contribution in [0.1, 0.15) is 20.7 Å². The SMILES string of the molecule is Nc1cccc(-c2cccc(S(=O)(=O)Nc3ccc(C(=O)Oc4cc(NS(=O)(=O)c5cccc(-c6ccc7ncccc7c6)c5)ccc4C(=O)O)c(O)c3)c2)c1. The quantitative estimate of drug-likeness (QED) is 0.0495. The first-order valence-corrected chi connectivity index (χ1v) is 19.6. The number of hydrogen-bond acceptors (Lipinski definition) is 10. The molecule has 6 N–H and O–H groups in total. The molecule has 280 valence electrons. The van der Waals surface area contributed by atoms with E-state index in [0.29, 0.717) is 22.4 Å². The number of nitrogen functional groups attached to an aromatic ring is 1. The van der Waals surface area contributed by atoms with Gasteiger partial charge in [-0.3, -0.25) is 14.4 Å². The second-order valence-corrected chi connectivity index (χ2v) is 15.8. The van der Waals surface area contributed by atoms with E-state index in [-0.39, 0.29) is 21.2 Å². The van der Waals surface area contributed by atoms with Gasteiger partial charge in [-0.05, 0) is 101 Å². The Morgan fingerprint density at radius 3 is 1.79 bits per heavy atom. The van der Waals surface area contributed by atoms with Crippen molar-refractivity contribution in [1.82, 2.24) is 4.98 Å². The molecule has 6 aromatic carbocycles. The summed E-state index contributed by atoms with van der Waals surface area (Å²) in [6, 6.07) is 35.1. The molecule has 0 spiro atoms. The minimum absolute atomic E-state index is 0.0764. The number of carbonyl (C=O) groups excluding carboxylic acids is 1.